The van der Waals surface area contributed by atoms with Gasteiger partial charge < -0.3 is 9.55 Å². The van der Waals surface area contributed by atoms with Gasteiger partial charge in [-0.25, -0.2) is 9.67 Å². The highest BCUT2D eigenvalue weighted by Crippen LogP contribution is 2.31. The van der Waals surface area contributed by atoms with Crippen LogP contribution in [0.5, 0.6) is 0 Å². The lowest BCUT2D eigenvalue weighted by Gasteiger charge is -2.11. The van der Waals surface area contributed by atoms with Crippen LogP contribution in [0.2, 0.25) is 0 Å². The molecule has 3 aromatic heterocycles. The number of H-pyrrole nitrogens is 1. The lowest BCUT2D eigenvalue weighted by Crippen LogP contribution is -2.16. The smallest absolute Gasteiger partial charge is 0.262 e. The number of aromatic nitrogens is 5. The molecule has 0 amide bonds. The van der Waals surface area contributed by atoms with Crippen LogP contribution in [-0.2, 0) is 13.0 Å². The molecule has 23 heavy (non-hydrogen) atoms. The molecule has 0 saturated heterocycles. The number of nitrogens with one attached hydrogen (secondary N) is 1. The fourth-order valence-electron chi connectivity index (χ4n) is 3.53. The second-order valence-electron chi connectivity index (χ2n) is 6.25. The highest BCUT2D eigenvalue weighted by Gasteiger charge is 2.23. The van der Waals surface area contributed by atoms with Crippen LogP contribution in [0.4, 0.5) is 0 Å². The molecule has 1 saturated carbocycles. The maximum atomic E-state index is 12.6. The number of fused-ring (bicyclic) bond motifs is 1. The van der Waals surface area contributed by atoms with Gasteiger partial charge in [-0.05, 0) is 31.4 Å². The summed E-state index contributed by atoms with van der Waals surface area (Å²) in [5.41, 5.74) is 1.53. The summed E-state index contributed by atoms with van der Waals surface area (Å²) in [5, 5.41) is 5.38. The molecule has 4 rings (SSSR count). The van der Waals surface area contributed by atoms with Crippen molar-refractivity contribution in [3.63, 3.8) is 0 Å². The monoisotopic (exact) mass is 311 g/mol. The maximum Gasteiger partial charge on any atom is 0.262 e. The highest BCUT2D eigenvalue weighted by molar-refractivity contribution is 5.77. The Morgan fingerprint density at radius 2 is 2.00 bits per heavy atom. The van der Waals surface area contributed by atoms with Crippen molar-refractivity contribution in [2.24, 2.45) is 0 Å². The number of nitrogens with zero attached hydrogens (tertiary/aromatic N) is 4. The van der Waals surface area contributed by atoms with E-state index in [1.165, 1.54) is 12.8 Å². The van der Waals surface area contributed by atoms with Gasteiger partial charge in [-0.15, -0.1) is 0 Å². The van der Waals surface area contributed by atoms with Crippen molar-refractivity contribution in [2.45, 2.75) is 51.6 Å². The Labute approximate surface area is 134 Å². The van der Waals surface area contributed by atoms with Crippen molar-refractivity contribution in [3.8, 4) is 0 Å². The molecule has 120 valence electrons. The number of hydrogen-bond acceptors (Lipinski definition) is 3. The van der Waals surface area contributed by atoms with E-state index in [-0.39, 0.29) is 5.56 Å². The molecule has 1 N–H and O–H groups in total. The van der Waals surface area contributed by atoms with Gasteiger partial charge in [0.1, 0.15) is 11.2 Å². The Morgan fingerprint density at radius 1 is 1.26 bits per heavy atom. The molecule has 6 heteroatoms. The van der Waals surface area contributed by atoms with Crippen molar-refractivity contribution >= 4 is 11.0 Å². The molecule has 1 aliphatic carbocycles. The molecular weight excluding hydrogens is 290 g/mol. The van der Waals surface area contributed by atoms with Gasteiger partial charge in [0.2, 0.25) is 0 Å². The first-order chi connectivity index (χ1) is 11.3. The van der Waals surface area contributed by atoms with Crippen molar-refractivity contribution < 1.29 is 0 Å². The third-order valence-electron chi connectivity index (χ3n) is 4.69. The zero-order valence-corrected chi connectivity index (χ0v) is 13.3. The third-order valence-corrected chi connectivity index (χ3v) is 4.69. The van der Waals surface area contributed by atoms with E-state index in [2.05, 4.69) is 4.98 Å². The minimum absolute atomic E-state index is 0.0711. The van der Waals surface area contributed by atoms with Crippen molar-refractivity contribution in [1.29, 1.82) is 0 Å². The van der Waals surface area contributed by atoms with Crippen LogP contribution >= 0.6 is 0 Å². The van der Waals surface area contributed by atoms with E-state index in [0.29, 0.717) is 23.8 Å². The third kappa shape index (κ3) is 2.48. The average Bonchev–Trinajstić information content (AvgIpc) is 3.27. The molecule has 1 fully saturated rings. The summed E-state index contributed by atoms with van der Waals surface area (Å²) in [5.74, 6) is 0.681. The SMILES string of the molecule is CCc1nn(C2CCCC2)c2nc(Cn3cccc3)[nH]c(=O)c12. The van der Waals surface area contributed by atoms with E-state index in [9.17, 15) is 4.79 Å². The fraction of sp³-hybridized carbons (Fsp3) is 0.471. The number of hydrogen-bond donors (Lipinski definition) is 1. The van der Waals surface area contributed by atoms with E-state index >= 15 is 0 Å². The second-order valence-corrected chi connectivity index (χ2v) is 6.25. The summed E-state index contributed by atoms with van der Waals surface area (Å²) in [6.45, 7) is 2.60. The molecule has 0 radical (unpaired) electrons. The van der Waals surface area contributed by atoms with Crippen molar-refractivity contribution in [3.05, 3.63) is 46.4 Å². The predicted octanol–water partition coefficient (Wildman–Crippen LogP) is 2.65. The second kappa shape index (κ2) is 5.68. The van der Waals surface area contributed by atoms with E-state index in [4.69, 9.17) is 10.1 Å². The Bertz CT molecular complexity index is 868. The van der Waals surface area contributed by atoms with Gasteiger partial charge in [0.25, 0.3) is 5.56 Å². The summed E-state index contributed by atoms with van der Waals surface area (Å²) in [6, 6.07) is 4.31. The minimum Gasteiger partial charge on any atom is -0.347 e. The molecule has 0 unspecified atom stereocenters. The Hall–Kier alpha value is -2.37. The van der Waals surface area contributed by atoms with E-state index < -0.39 is 0 Å². The largest absolute Gasteiger partial charge is 0.347 e. The van der Waals surface area contributed by atoms with E-state index in [1.54, 1.807) is 0 Å². The van der Waals surface area contributed by atoms with Crippen molar-refractivity contribution in [2.75, 3.05) is 0 Å². The van der Waals surface area contributed by atoms with Gasteiger partial charge in [-0.2, -0.15) is 5.10 Å². The van der Waals surface area contributed by atoms with Crippen LogP contribution in [0, 0.1) is 0 Å². The van der Waals surface area contributed by atoms with Gasteiger partial charge in [0.15, 0.2) is 5.65 Å². The average molecular weight is 311 g/mol. The molecular formula is C17H21N5O. The molecule has 0 aromatic carbocycles. The molecule has 0 spiro atoms. The van der Waals surface area contributed by atoms with Crippen LogP contribution in [0.3, 0.4) is 0 Å². The Balaban J connectivity index is 1.85. The highest BCUT2D eigenvalue weighted by atomic mass is 16.1. The summed E-state index contributed by atoms with van der Waals surface area (Å²) < 4.78 is 4.01. The molecule has 1 aliphatic rings. The first kappa shape index (κ1) is 14.2. The van der Waals surface area contributed by atoms with Gasteiger partial charge in [-0.1, -0.05) is 19.8 Å². The van der Waals surface area contributed by atoms with Crippen LogP contribution in [0.1, 0.15) is 50.2 Å². The molecule has 3 heterocycles. The lowest BCUT2D eigenvalue weighted by molar-refractivity contribution is 0.474. The first-order valence-corrected chi connectivity index (χ1v) is 8.37. The van der Waals surface area contributed by atoms with Crippen LogP contribution in [0.15, 0.2) is 29.3 Å². The van der Waals surface area contributed by atoms with E-state index in [0.717, 1.165) is 30.6 Å². The van der Waals surface area contributed by atoms with E-state index in [1.807, 2.05) is 40.7 Å². The summed E-state index contributed by atoms with van der Waals surface area (Å²) >= 11 is 0. The minimum atomic E-state index is -0.0711. The summed E-state index contributed by atoms with van der Waals surface area (Å²) in [4.78, 5) is 20.3. The van der Waals surface area contributed by atoms with Crippen molar-refractivity contribution in [1.82, 2.24) is 24.3 Å². The number of aryl methyl sites for hydroxylation is 1. The Kier molecular flexibility index (Phi) is 3.52. The summed E-state index contributed by atoms with van der Waals surface area (Å²) in [7, 11) is 0. The normalized spacial score (nSPS) is 15.7. The van der Waals surface area contributed by atoms with Crippen LogP contribution in [-0.4, -0.2) is 24.3 Å². The quantitative estimate of drug-likeness (QED) is 0.805. The number of rotatable bonds is 4. The van der Waals surface area contributed by atoms with Crippen LogP contribution < -0.4 is 5.56 Å². The maximum absolute atomic E-state index is 12.6. The first-order valence-electron chi connectivity index (χ1n) is 8.37. The topological polar surface area (TPSA) is 68.5 Å². The van der Waals surface area contributed by atoms with Gasteiger partial charge in [-0.3, -0.25) is 4.79 Å². The summed E-state index contributed by atoms with van der Waals surface area (Å²) in [6.07, 6.45) is 9.40. The van der Waals surface area contributed by atoms with Gasteiger partial charge >= 0.3 is 0 Å². The van der Waals surface area contributed by atoms with Gasteiger partial charge in [0, 0.05) is 12.4 Å². The number of aromatic amines is 1. The predicted molar refractivity (Wildman–Crippen MR) is 88.6 cm³/mol. The standard InChI is InChI=1S/C17H21N5O/c1-2-13-15-16(22(20-13)12-7-3-4-8-12)18-14(19-17(15)23)11-21-9-5-6-10-21/h5-6,9-10,12H,2-4,7-8,11H2,1H3,(H,18,19,23). The Morgan fingerprint density at radius 3 is 2.70 bits per heavy atom. The fourth-order valence-corrected chi connectivity index (χ4v) is 3.53. The molecule has 0 aliphatic heterocycles. The molecule has 0 bridgehead atoms. The van der Waals surface area contributed by atoms with Crippen LogP contribution in [0.25, 0.3) is 11.0 Å². The molecule has 6 nitrogen and oxygen atoms in total. The van der Waals surface area contributed by atoms with Gasteiger partial charge in [0.05, 0.1) is 18.3 Å². The lowest BCUT2D eigenvalue weighted by atomic mass is 10.2. The zero-order valence-electron chi connectivity index (χ0n) is 13.3. The molecule has 3 aromatic rings. The molecule has 0 atom stereocenters. The zero-order chi connectivity index (χ0) is 15.8.